The summed E-state index contributed by atoms with van der Waals surface area (Å²) in [6, 6.07) is 8.83. The number of rotatable bonds is 9. The van der Waals surface area contributed by atoms with Crippen molar-refractivity contribution in [1.29, 1.82) is 5.26 Å². The van der Waals surface area contributed by atoms with Crippen LogP contribution in [0, 0.1) is 11.3 Å². The molecule has 1 aliphatic heterocycles. The minimum atomic E-state index is -3.89. The molecule has 1 saturated carbocycles. The first-order valence-corrected chi connectivity index (χ1v) is 13.1. The van der Waals surface area contributed by atoms with Crippen LogP contribution in [0.5, 0.6) is 0 Å². The number of aliphatic hydroxyl groups is 2. The zero-order valence-corrected chi connectivity index (χ0v) is 21.0. The molecule has 192 valence electrons. The van der Waals surface area contributed by atoms with Crippen molar-refractivity contribution in [3.63, 3.8) is 0 Å². The van der Waals surface area contributed by atoms with Gasteiger partial charge in [0.2, 0.25) is 0 Å². The average Bonchev–Trinajstić information content (AvgIpc) is 3.54. The highest BCUT2D eigenvalue weighted by Crippen LogP contribution is 2.49. The van der Waals surface area contributed by atoms with E-state index in [4.69, 9.17) is 5.26 Å². The monoisotopic (exact) mass is 515 g/mol. The van der Waals surface area contributed by atoms with E-state index in [1.165, 1.54) is 29.5 Å². The minimum Gasteiger partial charge on any atom is -0.394 e. The Morgan fingerprint density at radius 3 is 2.53 bits per heavy atom. The largest absolute Gasteiger partial charge is 0.394 e. The Labute approximate surface area is 209 Å². The number of hydrogen-bond acceptors (Lipinski definition) is 8. The van der Waals surface area contributed by atoms with Crippen LogP contribution in [0.3, 0.4) is 0 Å². The molecule has 2 amide bonds. The second kappa shape index (κ2) is 9.31. The SMILES string of the molecule is CC(C)([C@H](O)CO)S(=O)(=O)C1(CN2CCn3c(cnc3C(=O)NCc3ccc(C#N)cc3)C2=O)CC1. The molecular formula is C24H29N5O6S. The van der Waals surface area contributed by atoms with Gasteiger partial charge in [0.25, 0.3) is 11.8 Å². The Kier molecular flexibility index (Phi) is 6.68. The molecule has 0 spiro atoms. The first-order valence-electron chi connectivity index (χ1n) is 11.6. The molecule has 2 aromatic rings. The van der Waals surface area contributed by atoms with Crippen molar-refractivity contribution in [2.24, 2.45) is 0 Å². The fourth-order valence-corrected chi connectivity index (χ4v) is 7.02. The summed E-state index contributed by atoms with van der Waals surface area (Å²) in [6.45, 7) is 2.78. The molecular weight excluding hydrogens is 486 g/mol. The fraction of sp³-hybridized carbons (Fsp3) is 0.500. The van der Waals surface area contributed by atoms with E-state index >= 15 is 0 Å². The fourth-order valence-electron chi connectivity index (χ4n) is 4.50. The molecule has 1 aromatic heterocycles. The van der Waals surface area contributed by atoms with E-state index in [1.807, 2.05) is 6.07 Å². The molecule has 0 bridgehead atoms. The van der Waals surface area contributed by atoms with Gasteiger partial charge in [-0.3, -0.25) is 9.59 Å². The molecule has 2 heterocycles. The number of amides is 2. The smallest absolute Gasteiger partial charge is 0.287 e. The van der Waals surface area contributed by atoms with Crippen LogP contribution in [-0.2, 0) is 22.9 Å². The Morgan fingerprint density at radius 2 is 1.94 bits per heavy atom. The minimum absolute atomic E-state index is 0.0266. The van der Waals surface area contributed by atoms with Gasteiger partial charge in [0, 0.05) is 26.2 Å². The van der Waals surface area contributed by atoms with E-state index in [0.29, 0.717) is 18.4 Å². The summed E-state index contributed by atoms with van der Waals surface area (Å²) in [5, 5.41) is 31.1. The number of imidazole rings is 1. The molecule has 36 heavy (non-hydrogen) atoms. The molecule has 11 nitrogen and oxygen atoms in total. The lowest BCUT2D eigenvalue weighted by molar-refractivity contribution is 0.0665. The van der Waals surface area contributed by atoms with Crippen LogP contribution in [0.25, 0.3) is 0 Å². The first-order chi connectivity index (χ1) is 17.0. The van der Waals surface area contributed by atoms with E-state index in [1.54, 1.807) is 24.3 Å². The standard InChI is InChI=1S/C24H29N5O6S/c1-23(2,19(31)14-30)36(34,35)24(7-8-24)15-28-9-10-29-18(22(28)33)13-26-20(29)21(32)27-12-17-5-3-16(11-25)4-6-17/h3-6,13,19,30-31H,7-10,12,14-15H2,1-2H3,(H,27,32)/t19-/m1/s1. The predicted octanol–water partition coefficient (Wildman–Crippen LogP) is 0.220. The molecule has 0 radical (unpaired) electrons. The third-order valence-electron chi connectivity index (χ3n) is 7.22. The number of hydrogen-bond donors (Lipinski definition) is 3. The van der Waals surface area contributed by atoms with Gasteiger partial charge in [-0.05, 0) is 44.4 Å². The van der Waals surface area contributed by atoms with Gasteiger partial charge in [0.1, 0.15) is 5.69 Å². The maximum Gasteiger partial charge on any atom is 0.287 e. The number of carbonyl (C=O) groups is 2. The number of aliphatic hydroxyl groups excluding tert-OH is 2. The van der Waals surface area contributed by atoms with E-state index in [-0.39, 0.29) is 37.7 Å². The van der Waals surface area contributed by atoms with Gasteiger partial charge < -0.3 is 25.0 Å². The number of sulfone groups is 1. The van der Waals surface area contributed by atoms with Crippen molar-refractivity contribution in [2.45, 2.75) is 55.4 Å². The molecule has 3 N–H and O–H groups in total. The number of carbonyl (C=O) groups excluding carboxylic acids is 2. The van der Waals surface area contributed by atoms with Gasteiger partial charge in [0.15, 0.2) is 15.7 Å². The first kappa shape index (κ1) is 25.8. The van der Waals surface area contributed by atoms with Crippen LogP contribution in [0.15, 0.2) is 30.5 Å². The number of aromatic nitrogens is 2. The van der Waals surface area contributed by atoms with E-state index in [0.717, 1.165) is 5.56 Å². The van der Waals surface area contributed by atoms with Crippen molar-refractivity contribution in [3.05, 3.63) is 53.1 Å². The highest BCUT2D eigenvalue weighted by molar-refractivity contribution is 7.94. The van der Waals surface area contributed by atoms with Gasteiger partial charge in [-0.1, -0.05) is 12.1 Å². The van der Waals surface area contributed by atoms with Gasteiger partial charge in [-0.25, -0.2) is 13.4 Å². The third-order valence-corrected chi connectivity index (χ3v) is 10.6. The number of nitrogens with one attached hydrogen (secondary N) is 1. The zero-order chi connectivity index (χ0) is 26.3. The summed E-state index contributed by atoms with van der Waals surface area (Å²) in [5.74, 6) is -0.776. The summed E-state index contributed by atoms with van der Waals surface area (Å²) in [7, 11) is -3.89. The quantitative estimate of drug-likeness (QED) is 0.427. The molecule has 0 saturated heterocycles. The molecule has 1 aliphatic carbocycles. The van der Waals surface area contributed by atoms with Crippen LogP contribution in [0.2, 0.25) is 0 Å². The van der Waals surface area contributed by atoms with Crippen LogP contribution >= 0.6 is 0 Å². The zero-order valence-electron chi connectivity index (χ0n) is 20.1. The summed E-state index contributed by atoms with van der Waals surface area (Å²) in [4.78, 5) is 31.5. The van der Waals surface area contributed by atoms with Gasteiger partial charge in [-0.15, -0.1) is 0 Å². The number of nitrogens with zero attached hydrogens (tertiary/aromatic N) is 4. The number of benzene rings is 1. The van der Waals surface area contributed by atoms with Gasteiger partial charge in [-0.2, -0.15) is 5.26 Å². The van der Waals surface area contributed by atoms with Crippen LogP contribution in [0.1, 0.15) is 58.9 Å². The second-order valence-corrected chi connectivity index (χ2v) is 12.8. The van der Waals surface area contributed by atoms with E-state index < -0.39 is 43.9 Å². The maximum atomic E-state index is 13.4. The maximum absolute atomic E-state index is 13.4. The third kappa shape index (κ3) is 4.27. The van der Waals surface area contributed by atoms with Crippen molar-refractivity contribution in [2.75, 3.05) is 19.7 Å². The lowest BCUT2D eigenvalue weighted by atomic mass is 10.1. The molecule has 2 aliphatic rings. The van der Waals surface area contributed by atoms with Crippen molar-refractivity contribution < 1.29 is 28.2 Å². The summed E-state index contributed by atoms with van der Waals surface area (Å²) >= 11 is 0. The normalized spacial score (nSPS) is 17.8. The Balaban J connectivity index is 1.46. The highest BCUT2D eigenvalue weighted by Gasteiger charge is 2.62. The molecule has 0 unspecified atom stereocenters. The summed E-state index contributed by atoms with van der Waals surface area (Å²) in [5.41, 5.74) is 1.53. The van der Waals surface area contributed by atoms with Gasteiger partial charge >= 0.3 is 0 Å². The molecule has 1 aromatic carbocycles. The lowest BCUT2D eigenvalue weighted by Gasteiger charge is -2.37. The van der Waals surface area contributed by atoms with E-state index in [2.05, 4.69) is 10.3 Å². The van der Waals surface area contributed by atoms with Crippen LogP contribution in [0.4, 0.5) is 0 Å². The Hall–Kier alpha value is -3.27. The highest BCUT2D eigenvalue weighted by atomic mass is 32.2. The predicted molar refractivity (Wildman–Crippen MR) is 129 cm³/mol. The number of fused-ring (bicyclic) bond motifs is 1. The van der Waals surface area contributed by atoms with Crippen molar-refractivity contribution in [1.82, 2.24) is 19.8 Å². The molecule has 1 fully saturated rings. The Morgan fingerprint density at radius 1 is 1.28 bits per heavy atom. The number of nitriles is 1. The molecule has 1 atom stereocenters. The topological polar surface area (TPSA) is 166 Å². The van der Waals surface area contributed by atoms with Gasteiger partial charge in [0.05, 0.1) is 40.0 Å². The van der Waals surface area contributed by atoms with Crippen molar-refractivity contribution >= 4 is 21.7 Å². The summed E-state index contributed by atoms with van der Waals surface area (Å²) < 4.78 is 25.6. The average molecular weight is 516 g/mol. The van der Waals surface area contributed by atoms with Crippen molar-refractivity contribution in [3.8, 4) is 6.07 Å². The second-order valence-electron chi connectivity index (χ2n) is 9.83. The summed E-state index contributed by atoms with van der Waals surface area (Å²) in [6.07, 6.45) is 0.605. The molecule has 4 rings (SSSR count). The van der Waals surface area contributed by atoms with Crippen LogP contribution < -0.4 is 5.32 Å². The molecule has 12 heteroatoms. The lowest BCUT2D eigenvalue weighted by Crippen LogP contribution is -2.55. The van der Waals surface area contributed by atoms with E-state index in [9.17, 15) is 28.2 Å². The van der Waals surface area contributed by atoms with Crippen LogP contribution in [-0.4, -0.2) is 80.2 Å². The Bertz CT molecular complexity index is 1320.